The van der Waals surface area contributed by atoms with E-state index in [9.17, 15) is 13.2 Å². The molecule has 2 aromatic carbocycles. The lowest BCUT2D eigenvalue weighted by Crippen LogP contribution is -2.49. The zero-order valence-electron chi connectivity index (χ0n) is 19.9. The Hall–Kier alpha value is -2.46. The van der Waals surface area contributed by atoms with Gasteiger partial charge in [0.15, 0.2) is 0 Å². The lowest BCUT2D eigenvalue weighted by molar-refractivity contribution is 0.0637. The van der Waals surface area contributed by atoms with Crippen LogP contribution in [0.2, 0.25) is 0 Å². The van der Waals surface area contributed by atoms with Gasteiger partial charge in [0.2, 0.25) is 10.0 Å². The van der Waals surface area contributed by atoms with Gasteiger partial charge in [-0.2, -0.15) is 4.31 Å². The Kier molecular flexibility index (Phi) is 7.88. The number of sulfonamides is 1. The highest BCUT2D eigenvalue weighted by molar-refractivity contribution is 7.89. The normalized spacial score (nSPS) is 18.1. The summed E-state index contributed by atoms with van der Waals surface area (Å²) in [6, 6.07) is 13.0. The summed E-state index contributed by atoms with van der Waals surface area (Å²) >= 11 is 0. The van der Waals surface area contributed by atoms with E-state index < -0.39 is 10.0 Å². The fourth-order valence-electron chi connectivity index (χ4n) is 4.35. The van der Waals surface area contributed by atoms with Crippen molar-refractivity contribution in [2.45, 2.75) is 18.2 Å². The van der Waals surface area contributed by atoms with Crippen molar-refractivity contribution in [1.82, 2.24) is 14.1 Å². The Bertz CT molecular complexity index is 1090. The van der Waals surface area contributed by atoms with Gasteiger partial charge in [-0.1, -0.05) is 18.2 Å². The number of rotatable bonds is 7. The summed E-state index contributed by atoms with van der Waals surface area (Å²) < 4.78 is 38.0. The molecule has 0 unspecified atom stereocenters. The van der Waals surface area contributed by atoms with Gasteiger partial charge in [0.05, 0.1) is 25.2 Å². The van der Waals surface area contributed by atoms with Crippen LogP contribution in [0, 0.1) is 6.92 Å². The van der Waals surface area contributed by atoms with Crippen LogP contribution in [0.3, 0.4) is 0 Å². The van der Waals surface area contributed by atoms with Crippen molar-refractivity contribution in [1.29, 1.82) is 0 Å². The molecule has 1 amide bonds. The number of ether oxygens (including phenoxy) is 2. The number of methoxy groups -OCH3 is 1. The minimum absolute atomic E-state index is 0.105. The predicted molar refractivity (Wildman–Crippen MR) is 130 cm³/mol. The third kappa shape index (κ3) is 5.60. The number of piperazine rings is 1. The highest BCUT2D eigenvalue weighted by Crippen LogP contribution is 2.22. The molecule has 34 heavy (non-hydrogen) atoms. The van der Waals surface area contributed by atoms with Crippen LogP contribution in [-0.4, -0.2) is 94.6 Å². The third-order valence-electron chi connectivity index (χ3n) is 6.58. The Labute approximate surface area is 202 Å². The first-order valence-corrected chi connectivity index (χ1v) is 13.2. The molecule has 2 saturated heterocycles. The molecule has 8 nitrogen and oxygen atoms in total. The summed E-state index contributed by atoms with van der Waals surface area (Å²) in [5.41, 5.74) is 2.50. The van der Waals surface area contributed by atoms with Crippen molar-refractivity contribution >= 4 is 15.9 Å². The maximum absolute atomic E-state index is 13.3. The minimum Gasteiger partial charge on any atom is -0.497 e. The zero-order chi connectivity index (χ0) is 24.1. The van der Waals surface area contributed by atoms with Crippen LogP contribution in [0.1, 0.15) is 21.5 Å². The number of hydrogen-bond acceptors (Lipinski definition) is 6. The SMILES string of the molecule is COc1ccc(CCN2CCN(C(=O)c3cc(S(=O)(=O)N4CCOCC4)ccc3C)CC2)cc1. The smallest absolute Gasteiger partial charge is 0.254 e. The number of carbonyl (C=O) groups excluding carboxylic acids is 1. The van der Waals surface area contributed by atoms with Crippen LogP contribution in [0.15, 0.2) is 47.4 Å². The molecular weight excluding hydrogens is 454 g/mol. The Balaban J connectivity index is 1.36. The molecule has 0 saturated carbocycles. The summed E-state index contributed by atoms with van der Waals surface area (Å²) in [7, 11) is -1.98. The third-order valence-corrected chi connectivity index (χ3v) is 8.48. The molecule has 184 valence electrons. The maximum atomic E-state index is 13.3. The van der Waals surface area contributed by atoms with Crippen molar-refractivity contribution in [3.63, 3.8) is 0 Å². The van der Waals surface area contributed by atoms with Crippen LogP contribution in [-0.2, 0) is 21.2 Å². The molecule has 0 aromatic heterocycles. The van der Waals surface area contributed by atoms with Crippen molar-refractivity contribution in [3.8, 4) is 5.75 Å². The molecule has 0 bridgehead atoms. The molecule has 0 atom stereocenters. The molecule has 0 aliphatic carbocycles. The molecule has 0 radical (unpaired) electrons. The molecule has 2 aliphatic heterocycles. The Morgan fingerprint density at radius 3 is 2.29 bits per heavy atom. The quantitative estimate of drug-likeness (QED) is 0.595. The second kappa shape index (κ2) is 10.9. The van der Waals surface area contributed by atoms with Gasteiger partial charge in [0.1, 0.15) is 5.75 Å². The molecule has 0 N–H and O–H groups in total. The van der Waals surface area contributed by atoms with E-state index in [2.05, 4.69) is 17.0 Å². The van der Waals surface area contributed by atoms with Crippen LogP contribution in [0.4, 0.5) is 0 Å². The van der Waals surface area contributed by atoms with Gasteiger partial charge in [0.25, 0.3) is 5.91 Å². The van der Waals surface area contributed by atoms with E-state index in [4.69, 9.17) is 9.47 Å². The second-order valence-corrected chi connectivity index (χ2v) is 10.7. The van der Waals surface area contributed by atoms with Crippen LogP contribution < -0.4 is 4.74 Å². The van der Waals surface area contributed by atoms with Gasteiger partial charge in [-0.25, -0.2) is 8.42 Å². The van der Waals surface area contributed by atoms with E-state index in [1.165, 1.54) is 9.87 Å². The zero-order valence-corrected chi connectivity index (χ0v) is 20.7. The molecule has 4 rings (SSSR count). The molecule has 2 aliphatic rings. The molecule has 2 aromatic rings. The number of nitrogens with zero attached hydrogens (tertiary/aromatic N) is 3. The average Bonchev–Trinajstić information content (AvgIpc) is 2.88. The van der Waals surface area contributed by atoms with E-state index in [1.807, 2.05) is 24.0 Å². The van der Waals surface area contributed by atoms with Gasteiger partial charge < -0.3 is 14.4 Å². The highest BCUT2D eigenvalue weighted by Gasteiger charge is 2.29. The van der Waals surface area contributed by atoms with Crippen LogP contribution in [0.5, 0.6) is 5.75 Å². The fourth-order valence-corrected chi connectivity index (χ4v) is 5.79. The fraction of sp³-hybridized carbons (Fsp3) is 0.480. The Morgan fingerprint density at radius 1 is 0.971 bits per heavy atom. The number of amides is 1. The van der Waals surface area contributed by atoms with Crippen molar-refractivity contribution in [2.24, 2.45) is 0 Å². The van der Waals surface area contributed by atoms with Crippen molar-refractivity contribution in [3.05, 3.63) is 59.2 Å². The first kappa shape index (κ1) is 24.7. The van der Waals surface area contributed by atoms with Gasteiger partial charge in [-0.15, -0.1) is 0 Å². The summed E-state index contributed by atoms with van der Waals surface area (Å²) in [5, 5.41) is 0. The molecule has 0 spiro atoms. The summed E-state index contributed by atoms with van der Waals surface area (Å²) in [6.07, 6.45) is 0.943. The van der Waals surface area contributed by atoms with Crippen molar-refractivity contribution < 1.29 is 22.7 Å². The van der Waals surface area contributed by atoms with Crippen molar-refractivity contribution in [2.75, 3.05) is 66.1 Å². The summed E-state index contributed by atoms with van der Waals surface area (Å²) in [5.74, 6) is 0.749. The molecule has 2 fully saturated rings. The van der Waals surface area contributed by atoms with Gasteiger partial charge in [-0.05, 0) is 48.7 Å². The molecule has 9 heteroatoms. The second-order valence-electron chi connectivity index (χ2n) is 8.73. The van der Waals surface area contributed by atoms with E-state index in [0.717, 1.165) is 37.4 Å². The Morgan fingerprint density at radius 2 is 1.65 bits per heavy atom. The largest absolute Gasteiger partial charge is 0.497 e. The minimum atomic E-state index is -3.65. The number of benzene rings is 2. The number of hydrogen-bond donors (Lipinski definition) is 0. The number of carbonyl (C=O) groups is 1. The lowest BCUT2D eigenvalue weighted by atomic mass is 10.1. The highest BCUT2D eigenvalue weighted by atomic mass is 32.2. The molecular formula is C25H33N3O5S. The number of morpholine rings is 1. The number of aryl methyl sites for hydroxylation is 1. The predicted octanol–water partition coefficient (Wildman–Crippen LogP) is 2.03. The lowest BCUT2D eigenvalue weighted by Gasteiger charge is -2.35. The monoisotopic (exact) mass is 487 g/mol. The van der Waals surface area contributed by atoms with E-state index in [0.29, 0.717) is 45.0 Å². The molecule has 2 heterocycles. The maximum Gasteiger partial charge on any atom is 0.254 e. The van der Waals surface area contributed by atoms with E-state index >= 15 is 0 Å². The average molecular weight is 488 g/mol. The van der Waals surface area contributed by atoms with E-state index in [1.54, 1.807) is 25.3 Å². The van der Waals surface area contributed by atoms with E-state index in [-0.39, 0.29) is 10.8 Å². The van der Waals surface area contributed by atoms with Gasteiger partial charge in [0, 0.05) is 51.4 Å². The summed E-state index contributed by atoms with van der Waals surface area (Å²) in [6.45, 7) is 7.07. The summed E-state index contributed by atoms with van der Waals surface area (Å²) in [4.78, 5) is 17.6. The first-order chi connectivity index (χ1) is 16.4. The van der Waals surface area contributed by atoms with Gasteiger partial charge >= 0.3 is 0 Å². The van der Waals surface area contributed by atoms with Gasteiger partial charge in [-0.3, -0.25) is 9.69 Å². The topological polar surface area (TPSA) is 79.4 Å². The first-order valence-electron chi connectivity index (χ1n) is 11.7. The van der Waals surface area contributed by atoms with Crippen LogP contribution >= 0.6 is 0 Å². The standard InChI is InChI=1S/C25H33N3O5S/c1-20-3-8-23(34(30,31)28-15-17-33-18-16-28)19-24(20)25(29)27-13-11-26(12-14-27)10-9-21-4-6-22(32-2)7-5-21/h3-8,19H,9-18H2,1-2H3. The van der Waals surface area contributed by atoms with Crippen LogP contribution in [0.25, 0.3) is 0 Å².